The maximum Gasteiger partial charge on any atom is 0.326 e. The number of benzene rings is 1. The molecular formula is C20H24N4O4S. The van der Waals surface area contributed by atoms with Crippen molar-refractivity contribution in [1.82, 2.24) is 14.3 Å². The van der Waals surface area contributed by atoms with Gasteiger partial charge < -0.3 is 14.0 Å². The maximum absolute atomic E-state index is 12.7. The van der Waals surface area contributed by atoms with Gasteiger partial charge in [-0.05, 0) is 52.0 Å². The first-order chi connectivity index (χ1) is 14.0. The summed E-state index contributed by atoms with van der Waals surface area (Å²) in [5, 5.41) is 4.29. The zero-order valence-electron chi connectivity index (χ0n) is 17.0. The molecule has 9 heteroatoms. The van der Waals surface area contributed by atoms with Crippen LogP contribution in [0.25, 0.3) is 10.2 Å². The topological polar surface area (TPSA) is 87.7 Å². The normalized spacial score (nSPS) is 11.8. The van der Waals surface area contributed by atoms with Crippen molar-refractivity contribution in [2.24, 2.45) is 4.99 Å². The van der Waals surface area contributed by atoms with E-state index in [1.165, 1.54) is 11.3 Å². The number of aryl methyl sites for hydroxylation is 2. The molecule has 0 atom stereocenters. The molecule has 0 aliphatic heterocycles. The first-order valence-electron chi connectivity index (χ1n) is 9.52. The van der Waals surface area contributed by atoms with Gasteiger partial charge in [0.1, 0.15) is 12.3 Å². The lowest BCUT2D eigenvalue weighted by Gasteiger charge is -2.06. The van der Waals surface area contributed by atoms with Gasteiger partial charge in [-0.15, -0.1) is 0 Å². The van der Waals surface area contributed by atoms with Gasteiger partial charge in [-0.3, -0.25) is 14.3 Å². The van der Waals surface area contributed by atoms with E-state index < -0.39 is 5.91 Å². The van der Waals surface area contributed by atoms with Gasteiger partial charge >= 0.3 is 5.97 Å². The second-order valence-electron chi connectivity index (χ2n) is 6.24. The van der Waals surface area contributed by atoms with E-state index in [1.807, 2.05) is 39.0 Å². The van der Waals surface area contributed by atoms with Crippen LogP contribution >= 0.6 is 11.3 Å². The fourth-order valence-electron chi connectivity index (χ4n) is 2.96. The van der Waals surface area contributed by atoms with Crippen molar-refractivity contribution in [3.63, 3.8) is 0 Å². The van der Waals surface area contributed by atoms with E-state index in [-0.39, 0.29) is 24.8 Å². The second kappa shape index (κ2) is 9.04. The van der Waals surface area contributed by atoms with E-state index in [1.54, 1.807) is 22.2 Å². The highest BCUT2D eigenvalue weighted by atomic mass is 32.1. The molecule has 0 spiro atoms. The Morgan fingerprint density at radius 3 is 2.62 bits per heavy atom. The number of ether oxygens (including phenoxy) is 2. The molecule has 29 heavy (non-hydrogen) atoms. The van der Waals surface area contributed by atoms with Crippen molar-refractivity contribution in [3.8, 4) is 5.75 Å². The van der Waals surface area contributed by atoms with E-state index in [9.17, 15) is 9.59 Å². The van der Waals surface area contributed by atoms with E-state index in [4.69, 9.17) is 9.47 Å². The Balaban J connectivity index is 2.08. The molecule has 1 amide bonds. The molecular weight excluding hydrogens is 392 g/mol. The lowest BCUT2D eigenvalue weighted by atomic mass is 10.3. The van der Waals surface area contributed by atoms with Gasteiger partial charge in [0.25, 0.3) is 5.91 Å². The molecule has 0 saturated carbocycles. The van der Waals surface area contributed by atoms with Crippen LogP contribution in [0, 0.1) is 6.92 Å². The minimum atomic E-state index is -0.450. The summed E-state index contributed by atoms with van der Waals surface area (Å²) in [5.41, 5.74) is 1.95. The molecule has 2 aromatic heterocycles. The molecule has 8 nitrogen and oxygen atoms in total. The number of carbonyl (C=O) groups is 2. The largest absolute Gasteiger partial charge is 0.494 e. The molecule has 3 aromatic rings. The van der Waals surface area contributed by atoms with Crippen LogP contribution in [0.15, 0.2) is 29.3 Å². The van der Waals surface area contributed by atoms with E-state index in [2.05, 4.69) is 10.1 Å². The Morgan fingerprint density at radius 2 is 1.97 bits per heavy atom. The summed E-state index contributed by atoms with van der Waals surface area (Å²) >= 11 is 1.32. The Hall–Kier alpha value is -2.94. The van der Waals surface area contributed by atoms with Crippen molar-refractivity contribution < 1.29 is 19.1 Å². The fourth-order valence-corrected chi connectivity index (χ4v) is 4.02. The van der Waals surface area contributed by atoms with E-state index in [0.717, 1.165) is 21.7 Å². The number of aromatic nitrogens is 3. The average molecular weight is 417 g/mol. The Kier molecular flexibility index (Phi) is 6.48. The first-order valence-corrected chi connectivity index (χ1v) is 10.3. The smallest absolute Gasteiger partial charge is 0.326 e. The summed E-state index contributed by atoms with van der Waals surface area (Å²) in [5.74, 6) is -0.115. The number of amides is 1. The number of esters is 1. The summed E-state index contributed by atoms with van der Waals surface area (Å²) in [6.07, 6.45) is 0. The monoisotopic (exact) mass is 416 g/mol. The van der Waals surface area contributed by atoms with Gasteiger partial charge in [-0.25, -0.2) is 0 Å². The summed E-state index contributed by atoms with van der Waals surface area (Å²) in [4.78, 5) is 29.5. The van der Waals surface area contributed by atoms with Gasteiger partial charge in [0.2, 0.25) is 0 Å². The van der Waals surface area contributed by atoms with Gasteiger partial charge in [-0.2, -0.15) is 10.1 Å². The lowest BCUT2D eigenvalue weighted by Crippen LogP contribution is -2.23. The summed E-state index contributed by atoms with van der Waals surface area (Å²) in [6.45, 7) is 9.00. The molecule has 0 aliphatic rings. The zero-order chi connectivity index (χ0) is 21.0. The van der Waals surface area contributed by atoms with Crippen LogP contribution in [-0.4, -0.2) is 39.4 Å². The molecule has 0 aliphatic carbocycles. The molecule has 2 heterocycles. The second-order valence-corrected chi connectivity index (χ2v) is 7.25. The van der Waals surface area contributed by atoms with Crippen molar-refractivity contribution >= 4 is 33.4 Å². The Morgan fingerprint density at radius 1 is 1.17 bits per heavy atom. The van der Waals surface area contributed by atoms with Crippen molar-refractivity contribution in [1.29, 1.82) is 0 Å². The number of carbonyl (C=O) groups excluding carboxylic acids is 2. The van der Waals surface area contributed by atoms with Crippen LogP contribution in [0.4, 0.5) is 0 Å². The fraction of sp³-hybridized carbons (Fsp3) is 0.400. The third-order valence-corrected chi connectivity index (χ3v) is 5.30. The van der Waals surface area contributed by atoms with E-state index in [0.29, 0.717) is 18.0 Å². The van der Waals surface area contributed by atoms with Gasteiger partial charge in [0.05, 0.1) is 23.4 Å². The average Bonchev–Trinajstić information content (AvgIpc) is 3.22. The summed E-state index contributed by atoms with van der Waals surface area (Å²) < 4.78 is 14.9. The number of nitrogens with zero attached hydrogens (tertiary/aromatic N) is 4. The van der Waals surface area contributed by atoms with Crippen molar-refractivity contribution in [2.75, 3.05) is 13.2 Å². The lowest BCUT2D eigenvalue weighted by molar-refractivity contribution is -0.143. The van der Waals surface area contributed by atoms with Crippen molar-refractivity contribution in [3.05, 3.63) is 40.5 Å². The number of thiazole rings is 1. The molecule has 0 N–H and O–H groups in total. The molecule has 1 aromatic carbocycles. The molecule has 0 fully saturated rings. The number of hydrogen-bond donors (Lipinski definition) is 0. The minimum absolute atomic E-state index is 0.0314. The molecule has 0 saturated heterocycles. The van der Waals surface area contributed by atoms with Crippen LogP contribution in [0.1, 0.15) is 37.0 Å². The standard InChI is InChI=1S/C20H24N4O4S/c1-5-24-13(4)10-15(22-24)19(26)21-20-23(12-18(25)28-7-3)16-9-8-14(27-6-2)11-17(16)29-20/h8-11H,5-7,12H2,1-4H3. The predicted molar refractivity (Wildman–Crippen MR) is 110 cm³/mol. The molecule has 3 rings (SSSR count). The van der Waals surface area contributed by atoms with Gasteiger partial charge in [0, 0.05) is 12.2 Å². The van der Waals surface area contributed by atoms with Crippen LogP contribution in [0.3, 0.4) is 0 Å². The predicted octanol–water partition coefficient (Wildman–Crippen LogP) is 2.93. The summed E-state index contributed by atoms with van der Waals surface area (Å²) in [7, 11) is 0. The first kappa shape index (κ1) is 20.8. The number of rotatable bonds is 7. The van der Waals surface area contributed by atoms with Gasteiger partial charge in [-0.1, -0.05) is 11.3 Å². The van der Waals surface area contributed by atoms with Crippen molar-refractivity contribution in [2.45, 2.75) is 40.8 Å². The molecule has 0 unspecified atom stereocenters. The highest BCUT2D eigenvalue weighted by molar-refractivity contribution is 7.16. The zero-order valence-corrected chi connectivity index (χ0v) is 17.8. The van der Waals surface area contributed by atoms with Gasteiger partial charge in [0.15, 0.2) is 10.5 Å². The molecule has 0 bridgehead atoms. The number of hydrogen-bond acceptors (Lipinski definition) is 6. The van der Waals surface area contributed by atoms with Crippen LogP contribution in [0.2, 0.25) is 0 Å². The maximum atomic E-state index is 12.7. The molecule has 154 valence electrons. The third-order valence-electron chi connectivity index (χ3n) is 4.25. The third kappa shape index (κ3) is 4.56. The minimum Gasteiger partial charge on any atom is -0.494 e. The van der Waals surface area contributed by atoms with Crippen LogP contribution in [-0.2, 0) is 22.6 Å². The Labute approximate surface area is 172 Å². The highest BCUT2D eigenvalue weighted by Crippen LogP contribution is 2.23. The molecule has 0 radical (unpaired) electrons. The quantitative estimate of drug-likeness (QED) is 0.553. The SMILES string of the molecule is CCOC(=O)Cn1c(=NC(=O)c2cc(C)n(CC)n2)sc2cc(OCC)ccc21. The van der Waals surface area contributed by atoms with Crippen LogP contribution < -0.4 is 9.54 Å². The summed E-state index contributed by atoms with van der Waals surface area (Å²) in [6, 6.07) is 7.28. The van der Waals surface area contributed by atoms with Crippen LogP contribution in [0.5, 0.6) is 5.75 Å². The number of fused-ring (bicyclic) bond motifs is 1. The highest BCUT2D eigenvalue weighted by Gasteiger charge is 2.15. The Bertz CT molecular complexity index is 1110. The van der Waals surface area contributed by atoms with E-state index >= 15 is 0 Å².